The van der Waals surface area contributed by atoms with Crippen LogP contribution in [0, 0.1) is 6.92 Å². The van der Waals surface area contributed by atoms with Crippen LogP contribution in [0.4, 0.5) is 5.13 Å². The van der Waals surface area contributed by atoms with Crippen LogP contribution in [0.15, 0.2) is 29.6 Å². The van der Waals surface area contributed by atoms with Crippen molar-refractivity contribution in [3.63, 3.8) is 0 Å². The van der Waals surface area contributed by atoms with Gasteiger partial charge in [0.2, 0.25) is 11.8 Å². The zero-order chi connectivity index (χ0) is 17.7. The number of anilines is 1. The lowest BCUT2D eigenvalue weighted by Crippen LogP contribution is -2.29. The van der Waals surface area contributed by atoms with Gasteiger partial charge in [-0.25, -0.2) is 4.98 Å². The maximum Gasteiger partial charge on any atom is 0.228 e. The maximum atomic E-state index is 12.2. The van der Waals surface area contributed by atoms with Crippen molar-refractivity contribution in [3.05, 3.63) is 46.5 Å². The Kier molecular flexibility index (Phi) is 5.81. The molecule has 2 aromatic rings. The SMILES string of the molecule is CC(=O)NC(CC(=O)Nc1nc(C(C)=O)cs1)c1ccc(C)cc1. The number of hydrogen-bond donors (Lipinski definition) is 2. The number of aromatic nitrogens is 1. The minimum Gasteiger partial charge on any atom is -0.349 e. The van der Waals surface area contributed by atoms with Gasteiger partial charge < -0.3 is 10.6 Å². The standard InChI is InChI=1S/C17H19N3O3S/c1-10-4-6-13(7-5-10)14(18-12(3)22)8-16(23)20-17-19-15(9-24-17)11(2)21/h4-7,9,14H,8H2,1-3H3,(H,18,22)(H,19,20,23). The number of benzene rings is 1. The Morgan fingerprint density at radius 1 is 1.17 bits per heavy atom. The molecule has 0 spiro atoms. The summed E-state index contributed by atoms with van der Waals surface area (Å²) in [6, 6.07) is 7.22. The molecule has 0 aliphatic heterocycles. The van der Waals surface area contributed by atoms with Gasteiger partial charge in [-0.3, -0.25) is 14.4 Å². The molecule has 0 saturated carbocycles. The summed E-state index contributed by atoms with van der Waals surface area (Å²) in [5.41, 5.74) is 2.28. The van der Waals surface area contributed by atoms with Crippen molar-refractivity contribution >= 4 is 34.1 Å². The number of thiazole rings is 1. The Labute approximate surface area is 144 Å². The summed E-state index contributed by atoms with van der Waals surface area (Å²) < 4.78 is 0. The first-order valence-electron chi connectivity index (χ1n) is 7.45. The smallest absolute Gasteiger partial charge is 0.228 e. The lowest BCUT2D eigenvalue weighted by atomic mass is 10.0. The molecule has 126 valence electrons. The lowest BCUT2D eigenvalue weighted by molar-refractivity contribution is -0.120. The van der Waals surface area contributed by atoms with E-state index in [1.165, 1.54) is 25.2 Å². The number of Topliss-reactive ketones (excluding diaryl/α,β-unsaturated/α-hetero) is 1. The van der Waals surface area contributed by atoms with Crippen molar-refractivity contribution in [1.29, 1.82) is 0 Å². The predicted molar refractivity (Wildman–Crippen MR) is 93.1 cm³/mol. The number of amides is 2. The number of nitrogens with one attached hydrogen (secondary N) is 2. The van der Waals surface area contributed by atoms with E-state index in [1.54, 1.807) is 5.38 Å². The Morgan fingerprint density at radius 3 is 2.38 bits per heavy atom. The first-order chi connectivity index (χ1) is 11.3. The van der Waals surface area contributed by atoms with Crippen molar-refractivity contribution < 1.29 is 14.4 Å². The molecule has 1 aromatic heterocycles. The van der Waals surface area contributed by atoms with E-state index in [4.69, 9.17) is 0 Å². The molecule has 2 N–H and O–H groups in total. The van der Waals surface area contributed by atoms with Crippen molar-refractivity contribution in [2.45, 2.75) is 33.2 Å². The second-order valence-corrected chi connectivity index (χ2v) is 6.37. The summed E-state index contributed by atoms with van der Waals surface area (Å²) in [6.45, 7) is 4.81. The third kappa shape index (κ3) is 4.99. The molecule has 0 aliphatic rings. The maximum absolute atomic E-state index is 12.2. The topological polar surface area (TPSA) is 88.2 Å². The number of rotatable bonds is 6. The zero-order valence-electron chi connectivity index (χ0n) is 13.8. The molecule has 2 rings (SSSR count). The van der Waals surface area contributed by atoms with Gasteiger partial charge in [0.15, 0.2) is 10.9 Å². The molecule has 0 fully saturated rings. The minimum absolute atomic E-state index is 0.0810. The quantitative estimate of drug-likeness (QED) is 0.788. The average Bonchev–Trinajstić information content (AvgIpc) is 2.95. The molecule has 0 bridgehead atoms. The molecule has 0 aliphatic carbocycles. The van der Waals surface area contributed by atoms with Crippen LogP contribution in [0.1, 0.15) is 47.9 Å². The summed E-state index contributed by atoms with van der Waals surface area (Å²) in [7, 11) is 0. The van der Waals surface area contributed by atoms with Gasteiger partial charge in [-0.2, -0.15) is 0 Å². The van der Waals surface area contributed by atoms with Crippen LogP contribution in [-0.4, -0.2) is 22.6 Å². The highest BCUT2D eigenvalue weighted by Gasteiger charge is 2.18. The number of carbonyl (C=O) groups is 3. The van der Waals surface area contributed by atoms with E-state index in [1.807, 2.05) is 31.2 Å². The normalized spacial score (nSPS) is 11.6. The fraction of sp³-hybridized carbons (Fsp3) is 0.294. The van der Waals surface area contributed by atoms with E-state index in [-0.39, 0.29) is 24.0 Å². The molecule has 24 heavy (non-hydrogen) atoms. The molecule has 1 atom stereocenters. The Morgan fingerprint density at radius 2 is 1.83 bits per heavy atom. The zero-order valence-corrected chi connectivity index (χ0v) is 14.6. The van der Waals surface area contributed by atoms with Gasteiger partial charge in [-0.05, 0) is 12.5 Å². The first kappa shape index (κ1) is 17.8. The van der Waals surface area contributed by atoms with E-state index in [9.17, 15) is 14.4 Å². The molecule has 2 amide bonds. The summed E-state index contributed by atoms with van der Waals surface area (Å²) >= 11 is 1.19. The van der Waals surface area contributed by atoms with Crippen LogP contribution in [0.3, 0.4) is 0 Å². The van der Waals surface area contributed by atoms with E-state index >= 15 is 0 Å². The van der Waals surface area contributed by atoms with Gasteiger partial charge in [-0.15, -0.1) is 11.3 Å². The Bertz CT molecular complexity index is 753. The highest BCUT2D eigenvalue weighted by atomic mass is 32.1. The molecule has 7 heteroatoms. The predicted octanol–water partition coefficient (Wildman–Crippen LogP) is 2.86. The van der Waals surface area contributed by atoms with Crippen molar-refractivity contribution in [2.24, 2.45) is 0 Å². The molecule has 0 saturated heterocycles. The lowest BCUT2D eigenvalue weighted by Gasteiger charge is -2.18. The fourth-order valence-corrected chi connectivity index (χ4v) is 2.91. The largest absolute Gasteiger partial charge is 0.349 e. The summed E-state index contributed by atoms with van der Waals surface area (Å²) in [5.74, 6) is -0.636. The minimum atomic E-state index is -0.421. The third-order valence-electron chi connectivity index (χ3n) is 3.36. The number of nitrogens with zero attached hydrogens (tertiary/aromatic N) is 1. The van der Waals surface area contributed by atoms with E-state index < -0.39 is 6.04 Å². The fourth-order valence-electron chi connectivity index (χ4n) is 2.14. The summed E-state index contributed by atoms with van der Waals surface area (Å²) in [4.78, 5) is 39.0. The highest BCUT2D eigenvalue weighted by molar-refractivity contribution is 7.14. The van der Waals surface area contributed by atoms with Crippen LogP contribution in [-0.2, 0) is 9.59 Å². The molecule has 1 heterocycles. The van der Waals surface area contributed by atoms with Crippen LogP contribution in [0.25, 0.3) is 0 Å². The molecule has 1 aromatic carbocycles. The molecular weight excluding hydrogens is 326 g/mol. The number of aryl methyl sites for hydroxylation is 1. The number of carbonyl (C=O) groups excluding carboxylic acids is 3. The van der Waals surface area contributed by atoms with Gasteiger partial charge in [-0.1, -0.05) is 29.8 Å². The third-order valence-corrected chi connectivity index (χ3v) is 4.12. The van der Waals surface area contributed by atoms with E-state index in [2.05, 4.69) is 15.6 Å². The van der Waals surface area contributed by atoms with E-state index in [0.29, 0.717) is 10.8 Å². The van der Waals surface area contributed by atoms with Crippen LogP contribution in [0.2, 0.25) is 0 Å². The number of ketones is 1. The Balaban J connectivity index is 2.07. The van der Waals surface area contributed by atoms with Gasteiger partial charge in [0, 0.05) is 19.2 Å². The van der Waals surface area contributed by atoms with Gasteiger partial charge >= 0.3 is 0 Å². The van der Waals surface area contributed by atoms with Gasteiger partial charge in [0.25, 0.3) is 0 Å². The van der Waals surface area contributed by atoms with Crippen LogP contribution >= 0.6 is 11.3 Å². The van der Waals surface area contributed by atoms with Crippen LogP contribution < -0.4 is 10.6 Å². The summed E-state index contributed by atoms with van der Waals surface area (Å²) in [5, 5.41) is 7.42. The average molecular weight is 345 g/mol. The monoisotopic (exact) mass is 345 g/mol. The molecule has 0 radical (unpaired) electrons. The molecular formula is C17H19N3O3S. The Hall–Kier alpha value is -2.54. The molecule has 1 unspecified atom stereocenters. The number of hydrogen-bond acceptors (Lipinski definition) is 5. The molecule has 6 nitrogen and oxygen atoms in total. The van der Waals surface area contributed by atoms with Crippen LogP contribution in [0.5, 0.6) is 0 Å². The van der Waals surface area contributed by atoms with E-state index in [0.717, 1.165) is 11.1 Å². The second kappa shape index (κ2) is 7.83. The van der Waals surface area contributed by atoms with Crippen molar-refractivity contribution in [1.82, 2.24) is 10.3 Å². The second-order valence-electron chi connectivity index (χ2n) is 5.51. The first-order valence-corrected chi connectivity index (χ1v) is 8.33. The van der Waals surface area contributed by atoms with Gasteiger partial charge in [0.1, 0.15) is 5.69 Å². The van der Waals surface area contributed by atoms with Gasteiger partial charge in [0.05, 0.1) is 12.5 Å². The summed E-state index contributed by atoms with van der Waals surface area (Å²) in [6.07, 6.45) is 0.0810. The van der Waals surface area contributed by atoms with Crippen molar-refractivity contribution in [2.75, 3.05) is 5.32 Å². The van der Waals surface area contributed by atoms with Crippen molar-refractivity contribution in [3.8, 4) is 0 Å². The highest BCUT2D eigenvalue weighted by Crippen LogP contribution is 2.20.